The van der Waals surface area contributed by atoms with Crippen LogP contribution in [0.2, 0.25) is 0 Å². The number of ether oxygens (including phenoxy) is 2. The lowest BCUT2D eigenvalue weighted by Gasteiger charge is -2.06. The van der Waals surface area contributed by atoms with Crippen LogP contribution in [0.4, 0.5) is 8.78 Å². The molecule has 1 aromatic heterocycles. The molecule has 0 N–H and O–H groups in total. The van der Waals surface area contributed by atoms with Crippen molar-refractivity contribution in [3.8, 4) is 22.8 Å². The zero-order valence-electron chi connectivity index (χ0n) is 12.2. The summed E-state index contributed by atoms with van der Waals surface area (Å²) < 4.78 is 43.9. The Labute approximate surface area is 126 Å². The van der Waals surface area contributed by atoms with Gasteiger partial charge in [-0.25, -0.2) is 4.39 Å². The molecule has 0 unspecified atom stereocenters. The third kappa shape index (κ3) is 2.39. The molecule has 0 radical (unpaired) electrons. The molecule has 0 spiro atoms. The van der Waals surface area contributed by atoms with Gasteiger partial charge in [-0.15, -0.1) is 0 Å². The summed E-state index contributed by atoms with van der Waals surface area (Å²) in [5.41, 5.74) is 0.577. The third-order valence-electron chi connectivity index (χ3n) is 3.35. The number of halogens is 2. The van der Waals surface area contributed by atoms with E-state index >= 15 is 0 Å². The number of furan rings is 1. The van der Waals surface area contributed by atoms with Gasteiger partial charge < -0.3 is 13.9 Å². The number of methoxy groups -OCH3 is 1. The van der Waals surface area contributed by atoms with E-state index < -0.39 is 11.6 Å². The molecule has 0 saturated carbocycles. The lowest BCUT2D eigenvalue weighted by atomic mass is 10.0. The maximum atomic E-state index is 14.3. The molecular formula is C17H14F2O3. The van der Waals surface area contributed by atoms with E-state index in [1.807, 2.05) is 0 Å². The zero-order chi connectivity index (χ0) is 15.7. The third-order valence-corrected chi connectivity index (χ3v) is 3.35. The second-order valence-corrected chi connectivity index (χ2v) is 4.70. The van der Waals surface area contributed by atoms with Crippen molar-refractivity contribution in [1.82, 2.24) is 0 Å². The molecular weight excluding hydrogens is 290 g/mol. The highest BCUT2D eigenvalue weighted by atomic mass is 19.2. The first-order chi connectivity index (χ1) is 10.6. The van der Waals surface area contributed by atoms with Gasteiger partial charge in [-0.1, -0.05) is 12.1 Å². The van der Waals surface area contributed by atoms with Gasteiger partial charge in [0, 0.05) is 17.0 Å². The molecule has 0 bridgehead atoms. The summed E-state index contributed by atoms with van der Waals surface area (Å²) in [4.78, 5) is 0. The monoisotopic (exact) mass is 304 g/mol. The van der Waals surface area contributed by atoms with Gasteiger partial charge in [0.1, 0.15) is 5.75 Å². The van der Waals surface area contributed by atoms with Gasteiger partial charge >= 0.3 is 0 Å². The van der Waals surface area contributed by atoms with Gasteiger partial charge in [-0.2, -0.15) is 4.39 Å². The molecule has 0 atom stereocenters. The van der Waals surface area contributed by atoms with Crippen molar-refractivity contribution < 1.29 is 22.7 Å². The highest BCUT2D eigenvalue weighted by Crippen LogP contribution is 2.35. The van der Waals surface area contributed by atoms with E-state index in [0.717, 1.165) is 0 Å². The SMILES string of the molecule is CCOc1cc2cc(-c3ccc(OC)cc3)c(F)c(F)c2o1. The van der Waals surface area contributed by atoms with Crippen molar-refractivity contribution >= 4 is 11.0 Å². The molecule has 1 heterocycles. The fourth-order valence-electron chi connectivity index (χ4n) is 2.29. The first kappa shape index (κ1) is 14.4. The summed E-state index contributed by atoms with van der Waals surface area (Å²) >= 11 is 0. The van der Waals surface area contributed by atoms with Crippen molar-refractivity contribution in [3.63, 3.8) is 0 Å². The Morgan fingerprint density at radius 3 is 2.41 bits per heavy atom. The highest BCUT2D eigenvalue weighted by molar-refractivity contribution is 5.85. The van der Waals surface area contributed by atoms with Crippen LogP contribution in [0.5, 0.6) is 11.7 Å². The van der Waals surface area contributed by atoms with Gasteiger partial charge in [0.05, 0.1) is 13.7 Å². The van der Waals surface area contributed by atoms with Gasteiger partial charge in [0.2, 0.25) is 5.82 Å². The van der Waals surface area contributed by atoms with Crippen LogP contribution in [0, 0.1) is 11.6 Å². The van der Waals surface area contributed by atoms with Gasteiger partial charge in [0.15, 0.2) is 11.4 Å². The first-order valence-electron chi connectivity index (χ1n) is 6.82. The minimum atomic E-state index is -1.02. The number of rotatable bonds is 4. The molecule has 0 aliphatic carbocycles. The Morgan fingerprint density at radius 2 is 1.77 bits per heavy atom. The second kappa shape index (κ2) is 5.67. The number of fused-ring (bicyclic) bond motifs is 1. The van der Waals surface area contributed by atoms with Crippen LogP contribution in [0.25, 0.3) is 22.1 Å². The summed E-state index contributed by atoms with van der Waals surface area (Å²) in [5.74, 6) is -1.15. The standard InChI is InChI=1S/C17H14F2O3/c1-3-21-14-9-11-8-13(15(18)16(19)17(11)22-14)10-4-6-12(20-2)7-5-10/h4-9H,3H2,1-2H3. The molecule has 114 valence electrons. The summed E-state index contributed by atoms with van der Waals surface area (Å²) in [6.45, 7) is 2.17. The molecule has 0 amide bonds. The van der Waals surface area contributed by atoms with Crippen LogP contribution in [0.1, 0.15) is 6.92 Å². The van der Waals surface area contributed by atoms with Crippen LogP contribution < -0.4 is 9.47 Å². The van der Waals surface area contributed by atoms with Crippen molar-refractivity contribution in [2.45, 2.75) is 6.92 Å². The van der Waals surface area contributed by atoms with E-state index in [0.29, 0.717) is 23.3 Å². The molecule has 3 nitrogen and oxygen atoms in total. The Kier molecular flexibility index (Phi) is 3.71. The highest BCUT2D eigenvalue weighted by Gasteiger charge is 2.19. The molecule has 0 saturated heterocycles. The quantitative estimate of drug-likeness (QED) is 0.695. The first-order valence-corrected chi connectivity index (χ1v) is 6.82. The maximum absolute atomic E-state index is 14.3. The van der Waals surface area contributed by atoms with Crippen LogP contribution in [0.15, 0.2) is 40.8 Å². The molecule has 0 fully saturated rings. The maximum Gasteiger partial charge on any atom is 0.285 e. The van der Waals surface area contributed by atoms with Gasteiger partial charge in [-0.05, 0) is 30.7 Å². The predicted molar refractivity (Wildman–Crippen MR) is 79.3 cm³/mol. The molecule has 3 aromatic rings. The van der Waals surface area contributed by atoms with Crippen molar-refractivity contribution in [2.24, 2.45) is 0 Å². The molecule has 0 aliphatic heterocycles. The van der Waals surface area contributed by atoms with E-state index in [-0.39, 0.29) is 17.1 Å². The smallest absolute Gasteiger partial charge is 0.285 e. The molecule has 5 heteroatoms. The molecule has 22 heavy (non-hydrogen) atoms. The summed E-state index contributed by atoms with van der Waals surface area (Å²) in [6.07, 6.45) is 0. The van der Waals surface area contributed by atoms with Gasteiger partial charge in [0.25, 0.3) is 5.95 Å². The Hall–Kier alpha value is -2.56. The average Bonchev–Trinajstić information content (AvgIpc) is 2.94. The van der Waals surface area contributed by atoms with E-state index in [2.05, 4.69) is 0 Å². The molecule has 0 aliphatic rings. The van der Waals surface area contributed by atoms with E-state index in [9.17, 15) is 8.78 Å². The van der Waals surface area contributed by atoms with E-state index in [1.54, 1.807) is 50.4 Å². The van der Waals surface area contributed by atoms with E-state index in [1.165, 1.54) is 0 Å². The number of hydrogen-bond donors (Lipinski definition) is 0. The summed E-state index contributed by atoms with van der Waals surface area (Å²) in [5, 5.41) is 0.452. The minimum Gasteiger partial charge on any atom is -0.497 e. The predicted octanol–water partition coefficient (Wildman–Crippen LogP) is 4.79. The Balaban J connectivity index is 2.14. The number of hydrogen-bond acceptors (Lipinski definition) is 3. The van der Waals surface area contributed by atoms with Gasteiger partial charge in [-0.3, -0.25) is 0 Å². The second-order valence-electron chi connectivity index (χ2n) is 4.70. The zero-order valence-corrected chi connectivity index (χ0v) is 12.2. The average molecular weight is 304 g/mol. The molecule has 3 rings (SSSR count). The minimum absolute atomic E-state index is 0.141. The van der Waals surface area contributed by atoms with Crippen LogP contribution in [-0.2, 0) is 0 Å². The van der Waals surface area contributed by atoms with Crippen LogP contribution in [0.3, 0.4) is 0 Å². The molecule has 2 aromatic carbocycles. The van der Waals surface area contributed by atoms with Crippen LogP contribution in [-0.4, -0.2) is 13.7 Å². The lowest BCUT2D eigenvalue weighted by Crippen LogP contribution is -1.91. The summed E-state index contributed by atoms with van der Waals surface area (Å²) in [6, 6.07) is 9.82. The topological polar surface area (TPSA) is 31.6 Å². The number of benzene rings is 2. The van der Waals surface area contributed by atoms with Crippen molar-refractivity contribution in [1.29, 1.82) is 0 Å². The largest absolute Gasteiger partial charge is 0.497 e. The fraction of sp³-hybridized carbons (Fsp3) is 0.176. The van der Waals surface area contributed by atoms with E-state index in [4.69, 9.17) is 13.9 Å². The lowest BCUT2D eigenvalue weighted by molar-refractivity contribution is 0.263. The Bertz CT molecular complexity index is 807. The van der Waals surface area contributed by atoms with Crippen molar-refractivity contribution in [2.75, 3.05) is 13.7 Å². The van der Waals surface area contributed by atoms with Crippen LogP contribution >= 0.6 is 0 Å². The Morgan fingerprint density at radius 1 is 1.05 bits per heavy atom. The van der Waals surface area contributed by atoms with Crippen molar-refractivity contribution in [3.05, 3.63) is 48.0 Å². The normalized spacial score (nSPS) is 10.9. The summed E-state index contributed by atoms with van der Waals surface area (Å²) in [7, 11) is 1.54. The fourth-order valence-corrected chi connectivity index (χ4v) is 2.29.